The second kappa shape index (κ2) is 6.87. The van der Waals surface area contributed by atoms with Crippen molar-refractivity contribution in [3.8, 4) is 0 Å². The fraction of sp³-hybridized carbons (Fsp3) is 0.714. The Morgan fingerprint density at radius 2 is 2.14 bits per heavy atom. The summed E-state index contributed by atoms with van der Waals surface area (Å²) in [5, 5.41) is 7.94. The van der Waals surface area contributed by atoms with Gasteiger partial charge in [-0.1, -0.05) is 19.1 Å². The fourth-order valence-corrected chi connectivity index (χ4v) is 2.25. The van der Waals surface area contributed by atoms with Gasteiger partial charge in [0.15, 0.2) is 5.69 Å². The molecule has 1 saturated heterocycles. The zero-order valence-corrected chi connectivity index (χ0v) is 13.5. The largest absolute Gasteiger partial charge is 0.383 e. The van der Waals surface area contributed by atoms with Crippen molar-refractivity contribution in [1.82, 2.24) is 24.8 Å². The molecule has 0 unspecified atom stereocenters. The van der Waals surface area contributed by atoms with Crippen molar-refractivity contribution in [2.24, 2.45) is 5.92 Å². The molecule has 2 rings (SSSR count). The Hall–Kier alpha value is -1.96. The van der Waals surface area contributed by atoms with E-state index in [0.717, 1.165) is 0 Å². The van der Waals surface area contributed by atoms with Gasteiger partial charge >= 0.3 is 0 Å². The Balaban J connectivity index is 1.90. The van der Waals surface area contributed by atoms with Crippen molar-refractivity contribution >= 4 is 11.8 Å². The minimum absolute atomic E-state index is 0.00303. The third-order valence-electron chi connectivity index (χ3n) is 3.75. The van der Waals surface area contributed by atoms with Gasteiger partial charge in [0, 0.05) is 39.7 Å². The van der Waals surface area contributed by atoms with Crippen LogP contribution in [0.5, 0.6) is 0 Å². The van der Waals surface area contributed by atoms with Crippen molar-refractivity contribution in [2.45, 2.75) is 19.9 Å². The number of aromatic nitrogens is 3. The maximum Gasteiger partial charge on any atom is 0.275 e. The fourth-order valence-electron chi connectivity index (χ4n) is 2.25. The molecular weight excluding hydrogens is 286 g/mol. The second-order valence-corrected chi connectivity index (χ2v) is 5.86. The lowest BCUT2D eigenvalue weighted by Gasteiger charge is -2.39. The van der Waals surface area contributed by atoms with Crippen LogP contribution in [0.4, 0.5) is 0 Å². The Morgan fingerprint density at radius 3 is 2.73 bits per heavy atom. The summed E-state index contributed by atoms with van der Waals surface area (Å²) in [5.41, 5.74) is 0.312. The standard InChI is InChI=1S/C14H23N5O3/c1-10(2)13(20)18-7-11(8-18)19-9-12(15-16-19)14(21)17(3)5-6-22-4/h9-11H,5-8H2,1-4H3. The third-order valence-corrected chi connectivity index (χ3v) is 3.75. The van der Waals surface area contributed by atoms with E-state index in [0.29, 0.717) is 31.9 Å². The van der Waals surface area contributed by atoms with Gasteiger partial charge in [-0.3, -0.25) is 9.59 Å². The molecule has 22 heavy (non-hydrogen) atoms. The van der Waals surface area contributed by atoms with Crippen LogP contribution in [-0.4, -0.2) is 77.0 Å². The Kier molecular flexibility index (Phi) is 5.12. The molecule has 1 fully saturated rings. The first kappa shape index (κ1) is 16.4. The van der Waals surface area contributed by atoms with Crippen LogP contribution < -0.4 is 0 Å². The number of rotatable bonds is 6. The number of carbonyl (C=O) groups excluding carboxylic acids is 2. The molecule has 0 radical (unpaired) electrons. The number of hydrogen-bond donors (Lipinski definition) is 0. The number of likely N-dealkylation sites (N-methyl/N-ethyl adjacent to an activating group) is 1. The first-order chi connectivity index (χ1) is 10.4. The highest BCUT2D eigenvalue weighted by atomic mass is 16.5. The molecule has 8 nitrogen and oxygen atoms in total. The maximum atomic E-state index is 12.1. The van der Waals surface area contributed by atoms with E-state index in [4.69, 9.17) is 4.74 Å². The van der Waals surface area contributed by atoms with Crippen LogP contribution in [0.1, 0.15) is 30.4 Å². The van der Waals surface area contributed by atoms with E-state index in [1.807, 2.05) is 13.8 Å². The van der Waals surface area contributed by atoms with Gasteiger partial charge in [0.25, 0.3) is 5.91 Å². The lowest BCUT2D eigenvalue weighted by molar-refractivity contribution is -0.140. The molecule has 2 heterocycles. The van der Waals surface area contributed by atoms with E-state index in [2.05, 4.69) is 10.3 Å². The molecule has 0 bridgehead atoms. The Labute approximate surface area is 130 Å². The number of likely N-dealkylation sites (tertiary alicyclic amines) is 1. The highest BCUT2D eigenvalue weighted by Gasteiger charge is 2.34. The number of methoxy groups -OCH3 is 1. The van der Waals surface area contributed by atoms with Crippen LogP contribution in [0.25, 0.3) is 0 Å². The van der Waals surface area contributed by atoms with Gasteiger partial charge in [0.2, 0.25) is 5.91 Å². The summed E-state index contributed by atoms with van der Waals surface area (Å²) in [7, 11) is 3.29. The highest BCUT2D eigenvalue weighted by molar-refractivity contribution is 5.91. The molecule has 0 atom stereocenters. The molecule has 1 aliphatic rings. The van der Waals surface area contributed by atoms with Crippen molar-refractivity contribution < 1.29 is 14.3 Å². The molecule has 2 amide bonds. The second-order valence-electron chi connectivity index (χ2n) is 5.86. The zero-order chi connectivity index (χ0) is 16.3. The van der Waals surface area contributed by atoms with E-state index in [1.54, 1.807) is 34.8 Å². The van der Waals surface area contributed by atoms with Gasteiger partial charge in [-0.2, -0.15) is 0 Å². The number of hydrogen-bond acceptors (Lipinski definition) is 5. The average molecular weight is 309 g/mol. The lowest BCUT2D eigenvalue weighted by atomic mass is 10.1. The Bertz CT molecular complexity index is 536. The SMILES string of the molecule is COCCN(C)C(=O)c1cn(C2CN(C(=O)C(C)C)C2)nn1. The smallest absolute Gasteiger partial charge is 0.275 e. The summed E-state index contributed by atoms with van der Waals surface area (Å²) in [6, 6.07) is 0.0982. The van der Waals surface area contributed by atoms with Crippen LogP contribution in [0.15, 0.2) is 6.20 Å². The van der Waals surface area contributed by atoms with Gasteiger partial charge in [-0.15, -0.1) is 5.10 Å². The summed E-state index contributed by atoms with van der Waals surface area (Å²) in [6.45, 7) is 5.99. The summed E-state index contributed by atoms with van der Waals surface area (Å²) in [5.74, 6) is -0.0343. The minimum Gasteiger partial charge on any atom is -0.383 e. The summed E-state index contributed by atoms with van der Waals surface area (Å²) in [6.07, 6.45) is 1.65. The van der Waals surface area contributed by atoms with Gasteiger partial charge in [-0.25, -0.2) is 4.68 Å². The normalized spacial score (nSPS) is 15.0. The molecule has 122 valence electrons. The Morgan fingerprint density at radius 1 is 1.45 bits per heavy atom. The number of nitrogens with zero attached hydrogens (tertiary/aromatic N) is 5. The van der Waals surface area contributed by atoms with E-state index in [9.17, 15) is 9.59 Å². The van der Waals surface area contributed by atoms with Gasteiger partial charge in [0.05, 0.1) is 18.8 Å². The molecule has 1 aliphatic heterocycles. The van der Waals surface area contributed by atoms with Crippen LogP contribution in [-0.2, 0) is 9.53 Å². The monoisotopic (exact) mass is 309 g/mol. The van der Waals surface area contributed by atoms with Crippen LogP contribution in [0.2, 0.25) is 0 Å². The van der Waals surface area contributed by atoms with Crippen molar-refractivity contribution in [3.05, 3.63) is 11.9 Å². The molecule has 8 heteroatoms. The molecule has 0 saturated carbocycles. The van der Waals surface area contributed by atoms with Crippen molar-refractivity contribution in [3.63, 3.8) is 0 Å². The van der Waals surface area contributed by atoms with E-state index >= 15 is 0 Å². The van der Waals surface area contributed by atoms with Crippen molar-refractivity contribution in [2.75, 3.05) is 40.4 Å². The predicted octanol–water partition coefficient (Wildman–Crippen LogP) is 0.0358. The summed E-state index contributed by atoms with van der Waals surface area (Å²) < 4.78 is 6.62. The molecule has 0 N–H and O–H groups in total. The summed E-state index contributed by atoms with van der Waals surface area (Å²) in [4.78, 5) is 27.3. The molecule has 0 aliphatic carbocycles. The number of amides is 2. The predicted molar refractivity (Wildman–Crippen MR) is 79.3 cm³/mol. The van der Waals surface area contributed by atoms with E-state index < -0.39 is 0 Å². The van der Waals surface area contributed by atoms with Gasteiger partial charge in [0.1, 0.15) is 0 Å². The van der Waals surface area contributed by atoms with E-state index in [1.165, 1.54) is 0 Å². The van der Waals surface area contributed by atoms with Crippen LogP contribution >= 0.6 is 0 Å². The lowest BCUT2D eigenvalue weighted by Crippen LogP contribution is -2.52. The third kappa shape index (κ3) is 3.44. The first-order valence-corrected chi connectivity index (χ1v) is 7.39. The van der Waals surface area contributed by atoms with Gasteiger partial charge in [-0.05, 0) is 0 Å². The molecule has 1 aromatic rings. The average Bonchev–Trinajstić information content (AvgIpc) is 2.91. The molecular formula is C14H23N5O3. The van der Waals surface area contributed by atoms with Gasteiger partial charge < -0.3 is 14.5 Å². The number of ether oxygens (including phenoxy) is 1. The highest BCUT2D eigenvalue weighted by Crippen LogP contribution is 2.22. The summed E-state index contributed by atoms with van der Waals surface area (Å²) >= 11 is 0. The molecule has 0 spiro atoms. The van der Waals surface area contributed by atoms with Crippen molar-refractivity contribution in [1.29, 1.82) is 0 Å². The number of carbonyl (C=O) groups is 2. The quantitative estimate of drug-likeness (QED) is 0.741. The maximum absolute atomic E-state index is 12.1. The van der Waals surface area contributed by atoms with E-state index in [-0.39, 0.29) is 23.8 Å². The minimum atomic E-state index is -0.183. The van der Waals surface area contributed by atoms with Crippen LogP contribution in [0.3, 0.4) is 0 Å². The van der Waals surface area contributed by atoms with Crippen LogP contribution in [0, 0.1) is 5.92 Å². The zero-order valence-electron chi connectivity index (χ0n) is 13.5. The molecule has 0 aromatic carbocycles. The topological polar surface area (TPSA) is 80.6 Å². The molecule has 1 aromatic heterocycles. The first-order valence-electron chi connectivity index (χ1n) is 7.39.